The molecule has 0 saturated heterocycles. The smallest absolute Gasteiger partial charge is 0.116 e. The van der Waals surface area contributed by atoms with Crippen molar-refractivity contribution in [2.45, 2.75) is 20.5 Å². The summed E-state index contributed by atoms with van der Waals surface area (Å²) in [7, 11) is 0. The van der Waals surface area contributed by atoms with Gasteiger partial charge in [0.2, 0.25) is 0 Å². The lowest BCUT2D eigenvalue weighted by atomic mass is 10.0. The highest BCUT2D eigenvalue weighted by Gasteiger charge is 2.03. The molecule has 0 amide bonds. The van der Waals surface area contributed by atoms with Crippen LogP contribution in [0.15, 0.2) is 12.1 Å². The van der Waals surface area contributed by atoms with Crippen LogP contribution in [0.4, 0.5) is 0 Å². The highest BCUT2D eigenvalue weighted by Crippen LogP contribution is 2.20. The number of aryl methyl sites for hydroxylation is 2. The predicted molar refractivity (Wildman–Crippen MR) is 46.6 cm³/mol. The molecule has 1 rings (SSSR count). The molecular formula is C9H13NO2. The fraction of sp³-hybridized carbons (Fsp3) is 0.333. The molecule has 0 fully saturated rings. The first-order valence-electron chi connectivity index (χ1n) is 3.76. The van der Waals surface area contributed by atoms with Crippen LogP contribution < -0.4 is 5.90 Å². The molecule has 0 heterocycles. The van der Waals surface area contributed by atoms with Crippen LogP contribution >= 0.6 is 0 Å². The summed E-state index contributed by atoms with van der Waals surface area (Å²) in [6.45, 7) is 4.22. The Bertz CT molecular complexity index is 261. The van der Waals surface area contributed by atoms with Gasteiger partial charge in [-0.15, -0.1) is 0 Å². The molecule has 66 valence electrons. The van der Waals surface area contributed by atoms with E-state index in [0.717, 1.165) is 16.7 Å². The van der Waals surface area contributed by atoms with Gasteiger partial charge in [-0.3, -0.25) is 4.84 Å². The zero-order valence-corrected chi connectivity index (χ0v) is 7.29. The molecule has 1 aromatic rings. The van der Waals surface area contributed by atoms with Crippen LogP contribution in [-0.4, -0.2) is 5.11 Å². The van der Waals surface area contributed by atoms with Gasteiger partial charge in [0.25, 0.3) is 0 Å². The van der Waals surface area contributed by atoms with E-state index in [-0.39, 0.29) is 5.75 Å². The molecule has 0 unspecified atom stereocenters. The van der Waals surface area contributed by atoms with Crippen molar-refractivity contribution >= 4 is 0 Å². The van der Waals surface area contributed by atoms with Crippen LogP contribution in [-0.2, 0) is 11.4 Å². The van der Waals surface area contributed by atoms with Gasteiger partial charge in [-0.05, 0) is 42.7 Å². The van der Waals surface area contributed by atoms with Gasteiger partial charge in [-0.2, -0.15) is 0 Å². The van der Waals surface area contributed by atoms with Crippen LogP contribution in [0.1, 0.15) is 16.7 Å². The van der Waals surface area contributed by atoms with E-state index in [1.165, 1.54) is 0 Å². The summed E-state index contributed by atoms with van der Waals surface area (Å²) in [5.74, 6) is 5.26. The molecule has 12 heavy (non-hydrogen) atoms. The number of benzene rings is 1. The van der Waals surface area contributed by atoms with Gasteiger partial charge < -0.3 is 5.11 Å². The summed E-state index contributed by atoms with van der Waals surface area (Å²) in [5, 5.41) is 9.21. The lowest BCUT2D eigenvalue weighted by molar-refractivity contribution is 0.123. The molecular weight excluding hydrogens is 154 g/mol. The number of rotatable bonds is 2. The molecule has 0 atom stereocenters. The van der Waals surface area contributed by atoms with Crippen LogP contribution in [0, 0.1) is 13.8 Å². The van der Waals surface area contributed by atoms with E-state index in [2.05, 4.69) is 4.84 Å². The molecule has 0 bridgehead atoms. The Hall–Kier alpha value is -1.06. The zero-order valence-electron chi connectivity index (χ0n) is 7.29. The summed E-state index contributed by atoms with van der Waals surface area (Å²) >= 11 is 0. The third-order valence-corrected chi connectivity index (χ3v) is 1.91. The lowest BCUT2D eigenvalue weighted by Gasteiger charge is -2.08. The van der Waals surface area contributed by atoms with E-state index in [1.807, 2.05) is 13.8 Å². The molecule has 1 aromatic carbocycles. The Morgan fingerprint density at radius 1 is 1.33 bits per heavy atom. The van der Waals surface area contributed by atoms with Gasteiger partial charge in [0, 0.05) is 0 Å². The summed E-state index contributed by atoms with van der Waals surface area (Å²) in [4.78, 5) is 4.55. The monoisotopic (exact) mass is 167 g/mol. The SMILES string of the molecule is Cc1cc(O)cc(C)c1CON. The normalized spacial score (nSPS) is 10.2. The van der Waals surface area contributed by atoms with Crippen molar-refractivity contribution in [3.05, 3.63) is 28.8 Å². The van der Waals surface area contributed by atoms with Crippen LogP contribution in [0.2, 0.25) is 0 Å². The van der Waals surface area contributed by atoms with Crippen LogP contribution in [0.3, 0.4) is 0 Å². The van der Waals surface area contributed by atoms with E-state index in [4.69, 9.17) is 5.90 Å². The minimum absolute atomic E-state index is 0.283. The van der Waals surface area contributed by atoms with Gasteiger partial charge in [-0.1, -0.05) is 0 Å². The minimum atomic E-state index is 0.283. The fourth-order valence-corrected chi connectivity index (χ4v) is 1.28. The van der Waals surface area contributed by atoms with Crippen molar-refractivity contribution in [2.75, 3.05) is 0 Å². The summed E-state index contributed by atoms with van der Waals surface area (Å²) in [6.07, 6.45) is 0. The summed E-state index contributed by atoms with van der Waals surface area (Å²) in [6, 6.07) is 3.39. The average molecular weight is 167 g/mol. The highest BCUT2D eigenvalue weighted by atomic mass is 16.6. The summed E-state index contributed by atoms with van der Waals surface area (Å²) < 4.78 is 0. The van der Waals surface area contributed by atoms with Gasteiger partial charge in [0.05, 0.1) is 6.61 Å². The van der Waals surface area contributed by atoms with Gasteiger partial charge >= 0.3 is 0 Å². The van der Waals surface area contributed by atoms with E-state index >= 15 is 0 Å². The Morgan fingerprint density at radius 2 is 1.83 bits per heavy atom. The molecule has 0 saturated carbocycles. The van der Waals surface area contributed by atoms with Crippen LogP contribution in [0.25, 0.3) is 0 Å². The quantitative estimate of drug-likeness (QED) is 0.654. The number of phenols is 1. The standard InChI is InChI=1S/C9H13NO2/c1-6-3-8(11)4-7(2)9(6)5-12-10/h3-4,11H,5,10H2,1-2H3. The molecule has 3 N–H and O–H groups in total. The zero-order chi connectivity index (χ0) is 9.14. The molecule has 3 nitrogen and oxygen atoms in total. The summed E-state index contributed by atoms with van der Waals surface area (Å²) in [5.41, 5.74) is 3.03. The van der Waals surface area contributed by atoms with Crippen LogP contribution in [0.5, 0.6) is 5.75 Å². The second-order valence-corrected chi connectivity index (χ2v) is 2.87. The minimum Gasteiger partial charge on any atom is -0.508 e. The molecule has 0 aliphatic carbocycles. The maximum absolute atomic E-state index is 9.21. The maximum atomic E-state index is 9.21. The van der Waals surface area contributed by atoms with Crippen molar-refractivity contribution in [1.29, 1.82) is 0 Å². The van der Waals surface area contributed by atoms with Crippen molar-refractivity contribution < 1.29 is 9.94 Å². The van der Waals surface area contributed by atoms with Crippen molar-refractivity contribution in [1.82, 2.24) is 0 Å². The van der Waals surface area contributed by atoms with Gasteiger partial charge in [0.15, 0.2) is 0 Å². The molecule has 0 aromatic heterocycles. The lowest BCUT2D eigenvalue weighted by Crippen LogP contribution is -2.02. The van der Waals surface area contributed by atoms with E-state index in [0.29, 0.717) is 6.61 Å². The Labute approximate surface area is 71.7 Å². The third kappa shape index (κ3) is 1.75. The number of phenolic OH excluding ortho intramolecular Hbond substituents is 1. The predicted octanol–water partition coefficient (Wildman–Crippen LogP) is 1.40. The van der Waals surface area contributed by atoms with Gasteiger partial charge in [-0.25, -0.2) is 5.90 Å². The fourth-order valence-electron chi connectivity index (χ4n) is 1.28. The molecule has 0 aliphatic rings. The van der Waals surface area contributed by atoms with Crippen molar-refractivity contribution in [2.24, 2.45) is 5.90 Å². The number of hydrogen-bond acceptors (Lipinski definition) is 3. The van der Waals surface area contributed by atoms with E-state index < -0.39 is 0 Å². The van der Waals surface area contributed by atoms with Crippen molar-refractivity contribution in [3.8, 4) is 5.75 Å². The van der Waals surface area contributed by atoms with E-state index in [9.17, 15) is 5.11 Å². The highest BCUT2D eigenvalue weighted by molar-refractivity contribution is 5.39. The molecule has 3 heteroatoms. The van der Waals surface area contributed by atoms with E-state index in [1.54, 1.807) is 12.1 Å². The Kier molecular flexibility index (Phi) is 2.68. The largest absolute Gasteiger partial charge is 0.508 e. The number of nitrogens with two attached hydrogens (primary N) is 1. The first kappa shape index (κ1) is 9.03. The first-order chi connectivity index (χ1) is 5.65. The Morgan fingerprint density at radius 3 is 2.25 bits per heavy atom. The maximum Gasteiger partial charge on any atom is 0.116 e. The van der Waals surface area contributed by atoms with Crippen molar-refractivity contribution in [3.63, 3.8) is 0 Å². The Balaban J connectivity index is 3.10. The second-order valence-electron chi connectivity index (χ2n) is 2.87. The third-order valence-electron chi connectivity index (χ3n) is 1.91. The topological polar surface area (TPSA) is 55.5 Å². The molecule has 0 spiro atoms. The number of hydrogen-bond donors (Lipinski definition) is 2. The number of aromatic hydroxyl groups is 1. The first-order valence-corrected chi connectivity index (χ1v) is 3.76. The van der Waals surface area contributed by atoms with Gasteiger partial charge in [0.1, 0.15) is 5.75 Å². The average Bonchev–Trinajstić information content (AvgIpc) is 1.96. The molecule has 0 aliphatic heterocycles. The second kappa shape index (κ2) is 3.56. The molecule has 0 radical (unpaired) electrons.